The molecule has 1 N–H and O–H groups in total. The Bertz CT molecular complexity index is 1390. The Balaban J connectivity index is 1.39. The lowest BCUT2D eigenvalue weighted by atomic mass is 10.0. The van der Waals surface area contributed by atoms with Gasteiger partial charge in [0, 0.05) is 45.4 Å². The van der Waals surface area contributed by atoms with Crippen molar-refractivity contribution in [2.75, 3.05) is 12.4 Å². The third kappa shape index (κ3) is 5.46. The van der Waals surface area contributed by atoms with Crippen LogP contribution in [0.2, 0.25) is 0 Å². The summed E-state index contributed by atoms with van der Waals surface area (Å²) in [6.45, 7) is 5.75. The number of amides is 1. The summed E-state index contributed by atoms with van der Waals surface area (Å²) < 4.78 is 10.7. The monoisotopic (exact) mass is 475 g/mol. The Hall–Kier alpha value is -3.65. The number of rotatable bonds is 7. The van der Waals surface area contributed by atoms with E-state index < -0.39 is 5.63 Å². The molecule has 0 fully saturated rings. The van der Waals surface area contributed by atoms with Crippen molar-refractivity contribution in [2.24, 2.45) is 0 Å². The summed E-state index contributed by atoms with van der Waals surface area (Å²) in [5.74, 6) is 0.444. The van der Waals surface area contributed by atoms with Crippen LogP contribution in [0, 0.1) is 20.8 Å². The first-order valence-corrected chi connectivity index (χ1v) is 11.6. The molecule has 0 unspecified atom stereocenters. The number of methoxy groups -OCH3 is 1. The van der Waals surface area contributed by atoms with E-state index in [1.807, 2.05) is 63.2 Å². The zero-order valence-electron chi connectivity index (χ0n) is 19.5. The molecule has 0 aliphatic rings. The van der Waals surface area contributed by atoms with Gasteiger partial charge in [-0.05, 0) is 87.0 Å². The smallest absolute Gasteiger partial charge is 0.339 e. The predicted molar refractivity (Wildman–Crippen MR) is 133 cm³/mol. The second-order valence-electron chi connectivity index (χ2n) is 7.96. The SMILES string of the molecule is COc1ccc2c(C)c(CCC(=O)Nc3ccc(Sc4nc(C)cc(C)n4)cc3)c(=O)oc2c1. The molecule has 2 aromatic carbocycles. The summed E-state index contributed by atoms with van der Waals surface area (Å²) in [7, 11) is 1.56. The van der Waals surface area contributed by atoms with Gasteiger partial charge in [0.2, 0.25) is 5.91 Å². The van der Waals surface area contributed by atoms with Crippen LogP contribution in [0.1, 0.15) is 28.9 Å². The lowest BCUT2D eigenvalue weighted by Gasteiger charge is -2.10. The molecule has 0 aliphatic heterocycles. The van der Waals surface area contributed by atoms with Crippen LogP contribution in [0.5, 0.6) is 5.75 Å². The number of hydrogen-bond acceptors (Lipinski definition) is 7. The van der Waals surface area contributed by atoms with Gasteiger partial charge in [-0.1, -0.05) is 0 Å². The normalized spacial score (nSPS) is 10.9. The van der Waals surface area contributed by atoms with Gasteiger partial charge in [0.15, 0.2) is 5.16 Å². The van der Waals surface area contributed by atoms with Crippen LogP contribution >= 0.6 is 11.8 Å². The van der Waals surface area contributed by atoms with Crippen molar-refractivity contribution in [3.05, 3.63) is 81.5 Å². The second-order valence-corrected chi connectivity index (χ2v) is 9.00. The van der Waals surface area contributed by atoms with E-state index >= 15 is 0 Å². The number of carbonyl (C=O) groups excluding carboxylic acids is 1. The van der Waals surface area contributed by atoms with Crippen LogP contribution in [-0.4, -0.2) is 23.0 Å². The van der Waals surface area contributed by atoms with E-state index in [2.05, 4.69) is 15.3 Å². The summed E-state index contributed by atoms with van der Waals surface area (Å²) >= 11 is 1.47. The zero-order chi connectivity index (χ0) is 24.2. The molecule has 2 aromatic heterocycles. The number of fused-ring (bicyclic) bond motifs is 1. The van der Waals surface area contributed by atoms with E-state index in [4.69, 9.17) is 9.15 Å². The summed E-state index contributed by atoms with van der Waals surface area (Å²) in [5.41, 5.74) is 3.90. The Labute approximate surface area is 201 Å². The van der Waals surface area contributed by atoms with Crippen LogP contribution in [0.3, 0.4) is 0 Å². The van der Waals surface area contributed by atoms with Gasteiger partial charge < -0.3 is 14.5 Å². The van der Waals surface area contributed by atoms with Crippen LogP contribution in [0.15, 0.2) is 67.8 Å². The molecule has 0 saturated carbocycles. The largest absolute Gasteiger partial charge is 0.497 e. The van der Waals surface area contributed by atoms with E-state index in [-0.39, 0.29) is 12.3 Å². The van der Waals surface area contributed by atoms with Crippen molar-refractivity contribution in [3.63, 3.8) is 0 Å². The van der Waals surface area contributed by atoms with Gasteiger partial charge in [-0.2, -0.15) is 0 Å². The number of nitrogens with zero attached hydrogens (tertiary/aromatic N) is 2. The molecule has 0 aliphatic carbocycles. The van der Waals surface area contributed by atoms with Crippen molar-refractivity contribution in [2.45, 2.75) is 43.7 Å². The number of aryl methyl sites for hydroxylation is 3. The molecule has 0 radical (unpaired) electrons. The average molecular weight is 476 g/mol. The molecule has 0 spiro atoms. The third-order valence-electron chi connectivity index (χ3n) is 5.41. The highest BCUT2D eigenvalue weighted by molar-refractivity contribution is 7.99. The molecule has 1 amide bonds. The first-order valence-electron chi connectivity index (χ1n) is 10.8. The fourth-order valence-electron chi connectivity index (χ4n) is 3.70. The lowest BCUT2D eigenvalue weighted by molar-refractivity contribution is -0.116. The first kappa shape index (κ1) is 23.5. The third-order valence-corrected chi connectivity index (χ3v) is 6.28. The van der Waals surface area contributed by atoms with E-state index in [9.17, 15) is 9.59 Å². The molecule has 0 atom stereocenters. The van der Waals surface area contributed by atoms with Crippen molar-refractivity contribution in [1.29, 1.82) is 0 Å². The van der Waals surface area contributed by atoms with Crippen molar-refractivity contribution in [1.82, 2.24) is 9.97 Å². The van der Waals surface area contributed by atoms with Gasteiger partial charge in [-0.15, -0.1) is 0 Å². The highest BCUT2D eigenvalue weighted by atomic mass is 32.2. The quantitative estimate of drug-likeness (QED) is 0.289. The predicted octanol–water partition coefficient (Wildman–Crippen LogP) is 5.24. The fraction of sp³-hybridized carbons (Fsp3) is 0.231. The average Bonchev–Trinajstić information content (AvgIpc) is 2.79. The number of nitrogens with one attached hydrogen (secondary N) is 1. The van der Waals surface area contributed by atoms with Gasteiger partial charge in [-0.3, -0.25) is 4.79 Å². The summed E-state index contributed by atoms with van der Waals surface area (Å²) in [4.78, 5) is 34.9. The number of benzene rings is 2. The highest BCUT2D eigenvalue weighted by Crippen LogP contribution is 2.27. The number of ether oxygens (including phenoxy) is 1. The second kappa shape index (κ2) is 10.1. The van der Waals surface area contributed by atoms with Crippen LogP contribution in [0.25, 0.3) is 11.0 Å². The minimum atomic E-state index is -0.430. The van der Waals surface area contributed by atoms with Crippen LogP contribution in [0.4, 0.5) is 5.69 Å². The Morgan fingerprint density at radius 2 is 1.74 bits per heavy atom. The maximum Gasteiger partial charge on any atom is 0.339 e. The molecular weight excluding hydrogens is 450 g/mol. The summed E-state index contributed by atoms with van der Waals surface area (Å²) in [6.07, 6.45) is 0.458. The molecule has 2 heterocycles. The van der Waals surface area contributed by atoms with Gasteiger partial charge in [0.25, 0.3) is 0 Å². The molecule has 0 saturated heterocycles. The standard InChI is InChI=1S/C26H25N3O4S/c1-15-13-16(2)28-26(27-15)34-20-8-5-18(6-9-20)29-24(30)12-11-22-17(3)21-10-7-19(32-4)14-23(21)33-25(22)31/h5-10,13-14H,11-12H2,1-4H3,(H,29,30). The van der Waals surface area contributed by atoms with Crippen LogP contribution in [-0.2, 0) is 11.2 Å². The minimum Gasteiger partial charge on any atom is -0.497 e. The Morgan fingerprint density at radius 3 is 2.41 bits per heavy atom. The number of aromatic nitrogens is 2. The molecule has 7 nitrogen and oxygen atoms in total. The number of hydrogen-bond donors (Lipinski definition) is 1. The molecule has 4 rings (SSSR count). The maximum absolute atomic E-state index is 12.5. The molecule has 0 bridgehead atoms. The molecule has 34 heavy (non-hydrogen) atoms. The van der Waals surface area contributed by atoms with Gasteiger partial charge >= 0.3 is 5.63 Å². The summed E-state index contributed by atoms with van der Waals surface area (Å²) in [5, 5.41) is 4.41. The molecular formula is C26H25N3O4S. The minimum absolute atomic E-state index is 0.167. The van der Waals surface area contributed by atoms with Gasteiger partial charge in [0.05, 0.1) is 7.11 Å². The van der Waals surface area contributed by atoms with Crippen LogP contribution < -0.4 is 15.7 Å². The lowest BCUT2D eigenvalue weighted by Crippen LogP contribution is -2.16. The van der Waals surface area contributed by atoms with Gasteiger partial charge in [-0.25, -0.2) is 14.8 Å². The van der Waals surface area contributed by atoms with Crippen molar-refractivity contribution >= 4 is 34.3 Å². The molecule has 4 aromatic rings. The zero-order valence-corrected chi connectivity index (χ0v) is 20.3. The fourth-order valence-corrected chi connectivity index (χ4v) is 4.57. The van der Waals surface area contributed by atoms with Crippen molar-refractivity contribution in [3.8, 4) is 5.75 Å². The van der Waals surface area contributed by atoms with E-state index in [1.165, 1.54) is 11.8 Å². The number of carbonyl (C=O) groups is 1. The van der Waals surface area contributed by atoms with E-state index in [0.29, 0.717) is 34.2 Å². The first-order chi connectivity index (χ1) is 16.3. The molecule has 174 valence electrons. The molecule has 8 heteroatoms. The van der Waals surface area contributed by atoms with Gasteiger partial charge in [0.1, 0.15) is 11.3 Å². The maximum atomic E-state index is 12.5. The van der Waals surface area contributed by atoms with E-state index in [1.54, 1.807) is 13.2 Å². The Morgan fingerprint density at radius 1 is 1.03 bits per heavy atom. The summed E-state index contributed by atoms with van der Waals surface area (Å²) in [6, 6.07) is 14.8. The Kier molecular flexibility index (Phi) is 6.98. The van der Waals surface area contributed by atoms with E-state index in [0.717, 1.165) is 27.2 Å². The highest BCUT2D eigenvalue weighted by Gasteiger charge is 2.14. The topological polar surface area (TPSA) is 94.3 Å². The van der Waals surface area contributed by atoms with Crippen molar-refractivity contribution < 1.29 is 13.9 Å². The number of anilines is 1.